The monoisotopic (exact) mass is 194 g/mol. The Bertz CT molecular complexity index is 356. The van der Waals surface area contributed by atoms with E-state index in [4.69, 9.17) is 5.11 Å². The van der Waals surface area contributed by atoms with E-state index >= 15 is 0 Å². The van der Waals surface area contributed by atoms with Gasteiger partial charge in [-0.05, 0) is 30.5 Å². The summed E-state index contributed by atoms with van der Waals surface area (Å²) in [6, 6.07) is 7.40. The van der Waals surface area contributed by atoms with Gasteiger partial charge in [0.1, 0.15) is 0 Å². The average molecular weight is 194 g/mol. The molecular formula is C10H10O2S. The molecule has 2 rings (SSSR count). The Kier molecular flexibility index (Phi) is 1.84. The summed E-state index contributed by atoms with van der Waals surface area (Å²) in [7, 11) is 0. The molecule has 0 heterocycles. The Balaban J connectivity index is 2.41. The molecule has 68 valence electrons. The molecule has 0 aromatic heterocycles. The number of hydrogen-bond acceptors (Lipinski definition) is 2. The molecule has 1 N–H and O–H groups in total. The summed E-state index contributed by atoms with van der Waals surface area (Å²) in [6.07, 6.45) is 1.50. The van der Waals surface area contributed by atoms with Gasteiger partial charge in [-0.25, -0.2) is 0 Å². The smallest absolute Gasteiger partial charge is 0.314 e. The topological polar surface area (TPSA) is 37.3 Å². The Hall–Kier alpha value is -0.960. The number of carboxylic acids is 1. The highest BCUT2D eigenvalue weighted by Gasteiger charge is 2.51. The highest BCUT2D eigenvalue weighted by Crippen LogP contribution is 2.48. The normalized spacial score (nSPS) is 18.2. The second-order valence-corrected chi connectivity index (χ2v) is 3.95. The minimum atomic E-state index is -0.716. The van der Waals surface area contributed by atoms with E-state index in [0.717, 1.165) is 23.3 Å². The summed E-state index contributed by atoms with van der Waals surface area (Å²) in [5.74, 6) is -0.716. The van der Waals surface area contributed by atoms with Gasteiger partial charge in [0.25, 0.3) is 0 Å². The summed E-state index contributed by atoms with van der Waals surface area (Å²) in [5, 5.41) is 9.02. The van der Waals surface area contributed by atoms with Crippen LogP contribution in [0.1, 0.15) is 18.4 Å². The Morgan fingerprint density at radius 2 is 2.15 bits per heavy atom. The second-order valence-electron chi connectivity index (χ2n) is 3.44. The maximum absolute atomic E-state index is 11.0. The van der Waals surface area contributed by atoms with Crippen molar-refractivity contribution < 1.29 is 9.90 Å². The molecule has 0 atom stereocenters. The SMILES string of the molecule is O=C(O)C1(c2cccc(S)c2)CC1. The molecule has 1 aromatic rings. The Morgan fingerprint density at radius 3 is 2.62 bits per heavy atom. The van der Waals surface area contributed by atoms with Gasteiger partial charge in [-0.2, -0.15) is 0 Å². The third-order valence-electron chi connectivity index (χ3n) is 2.56. The standard InChI is InChI=1S/C10H10O2S/c11-9(12)10(4-5-10)7-2-1-3-8(13)6-7/h1-3,6,13H,4-5H2,(H,11,12). The van der Waals surface area contributed by atoms with Gasteiger partial charge in [-0.3, -0.25) is 4.79 Å². The molecule has 1 aliphatic carbocycles. The fraction of sp³-hybridized carbons (Fsp3) is 0.300. The predicted octanol–water partition coefficient (Wildman–Crippen LogP) is 2.09. The third-order valence-corrected chi connectivity index (χ3v) is 2.84. The summed E-state index contributed by atoms with van der Waals surface area (Å²) >= 11 is 4.19. The lowest BCUT2D eigenvalue weighted by Gasteiger charge is -2.09. The van der Waals surface area contributed by atoms with Crippen LogP contribution in [0, 0.1) is 0 Å². The lowest BCUT2D eigenvalue weighted by atomic mass is 9.96. The fourth-order valence-corrected chi connectivity index (χ4v) is 1.78. The number of benzene rings is 1. The molecule has 2 nitrogen and oxygen atoms in total. The molecule has 1 saturated carbocycles. The second kappa shape index (κ2) is 2.77. The van der Waals surface area contributed by atoms with Gasteiger partial charge in [0.2, 0.25) is 0 Å². The summed E-state index contributed by atoms with van der Waals surface area (Å²) < 4.78 is 0. The molecule has 0 unspecified atom stereocenters. The summed E-state index contributed by atoms with van der Waals surface area (Å²) in [6.45, 7) is 0. The molecule has 0 radical (unpaired) electrons. The van der Waals surface area contributed by atoms with Crippen molar-refractivity contribution in [2.45, 2.75) is 23.2 Å². The van der Waals surface area contributed by atoms with Crippen LogP contribution < -0.4 is 0 Å². The minimum Gasteiger partial charge on any atom is -0.481 e. The fourth-order valence-electron chi connectivity index (χ4n) is 1.55. The molecule has 0 bridgehead atoms. The summed E-state index contributed by atoms with van der Waals surface area (Å²) in [4.78, 5) is 11.8. The van der Waals surface area contributed by atoms with Crippen molar-refractivity contribution in [1.82, 2.24) is 0 Å². The van der Waals surface area contributed by atoms with Crippen molar-refractivity contribution >= 4 is 18.6 Å². The largest absolute Gasteiger partial charge is 0.481 e. The first-order valence-electron chi connectivity index (χ1n) is 4.18. The van der Waals surface area contributed by atoms with Crippen LogP contribution in [0.25, 0.3) is 0 Å². The van der Waals surface area contributed by atoms with Crippen LogP contribution >= 0.6 is 12.6 Å². The number of thiol groups is 1. The van der Waals surface area contributed by atoms with E-state index in [1.807, 2.05) is 24.3 Å². The van der Waals surface area contributed by atoms with Crippen molar-refractivity contribution in [2.24, 2.45) is 0 Å². The molecule has 1 aromatic carbocycles. The molecular weight excluding hydrogens is 184 g/mol. The molecule has 3 heteroatoms. The first-order chi connectivity index (χ1) is 6.15. The Morgan fingerprint density at radius 1 is 1.46 bits per heavy atom. The van der Waals surface area contributed by atoms with Crippen LogP contribution in [0.15, 0.2) is 29.2 Å². The van der Waals surface area contributed by atoms with E-state index in [9.17, 15) is 4.79 Å². The van der Waals surface area contributed by atoms with E-state index in [0.29, 0.717) is 0 Å². The zero-order chi connectivity index (χ0) is 9.47. The van der Waals surface area contributed by atoms with Gasteiger partial charge < -0.3 is 5.11 Å². The minimum absolute atomic E-state index is 0.598. The van der Waals surface area contributed by atoms with Crippen LogP contribution in [-0.2, 0) is 10.2 Å². The lowest BCUT2D eigenvalue weighted by molar-refractivity contribution is -0.140. The van der Waals surface area contributed by atoms with Crippen molar-refractivity contribution in [3.05, 3.63) is 29.8 Å². The number of rotatable bonds is 2. The van der Waals surface area contributed by atoms with E-state index in [-0.39, 0.29) is 0 Å². The molecule has 0 spiro atoms. The van der Waals surface area contributed by atoms with Crippen molar-refractivity contribution in [3.63, 3.8) is 0 Å². The lowest BCUT2D eigenvalue weighted by Crippen LogP contribution is -2.19. The molecule has 1 fully saturated rings. The van der Waals surface area contributed by atoms with Crippen LogP contribution in [-0.4, -0.2) is 11.1 Å². The van der Waals surface area contributed by atoms with Crippen molar-refractivity contribution in [1.29, 1.82) is 0 Å². The molecule has 0 amide bonds. The number of carboxylic acid groups (broad SMARTS) is 1. The van der Waals surface area contributed by atoms with Crippen LogP contribution in [0.2, 0.25) is 0 Å². The van der Waals surface area contributed by atoms with Crippen LogP contribution in [0.5, 0.6) is 0 Å². The first kappa shape index (κ1) is 8.63. The number of hydrogen-bond donors (Lipinski definition) is 2. The first-order valence-corrected chi connectivity index (χ1v) is 4.63. The van der Waals surface area contributed by atoms with Gasteiger partial charge in [0.05, 0.1) is 5.41 Å². The number of carbonyl (C=O) groups is 1. The quantitative estimate of drug-likeness (QED) is 0.707. The van der Waals surface area contributed by atoms with Crippen LogP contribution in [0.4, 0.5) is 0 Å². The third kappa shape index (κ3) is 1.33. The summed E-state index contributed by atoms with van der Waals surface area (Å²) in [5.41, 5.74) is 0.283. The van der Waals surface area contributed by atoms with Crippen molar-refractivity contribution in [3.8, 4) is 0 Å². The van der Waals surface area contributed by atoms with E-state index < -0.39 is 11.4 Å². The highest BCUT2D eigenvalue weighted by molar-refractivity contribution is 7.80. The van der Waals surface area contributed by atoms with E-state index in [1.54, 1.807) is 0 Å². The van der Waals surface area contributed by atoms with Gasteiger partial charge in [-0.15, -0.1) is 12.6 Å². The molecule has 0 aliphatic heterocycles. The predicted molar refractivity (Wildman–Crippen MR) is 52.2 cm³/mol. The molecule has 13 heavy (non-hydrogen) atoms. The van der Waals surface area contributed by atoms with Gasteiger partial charge in [0, 0.05) is 4.90 Å². The van der Waals surface area contributed by atoms with Crippen LogP contribution in [0.3, 0.4) is 0 Å². The molecule has 1 aliphatic rings. The zero-order valence-corrected chi connectivity index (χ0v) is 7.92. The Labute approximate surface area is 82.0 Å². The zero-order valence-electron chi connectivity index (χ0n) is 7.03. The van der Waals surface area contributed by atoms with E-state index in [1.165, 1.54) is 0 Å². The average Bonchev–Trinajstić information content (AvgIpc) is 2.83. The number of aliphatic carboxylic acids is 1. The van der Waals surface area contributed by atoms with E-state index in [2.05, 4.69) is 12.6 Å². The van der Waals surface area contributed by atoms with Gasteiger partial charge in [-0.1, -0.05) is 12.1 Å². The maximum atomic E-state index is 11.0. The molecule has 0 saturated heterocycles. The maximum Gasteiger partial charge on any atom is 0.314 e. The highest BCUT2D eigenvalue weighted by atomic mass is 32.1. The van der Waals surface area contributed by atoms with Crippen molar-refractivity contribution in [2.75, 3.05) is 0 Å². The van der Waals surface area contributed by atoms with Gasteiger partial charge >= 0.3 is 5.97 Å². The van der Waals surface area contributed by atoms with Gasteiger partial charge in [0.15, 0.2) is 0 Å².